The summed E-state index contributed by atoms with van der Waals surface area (Å²) in [7, 11) is 0. The number of carbonyl (C=O) groups is 1. The molecule has 24 heavy (non-hydrogen) atoms. The fourth-order valence-electron chi connectivity index (χ4n) is 6.13. The van der Waals surface area contributed by atoms with Crippen molar-refractivity contribution < 1.29 is 4.79 Å². The van der Waals surface area contributed by atoms with Gasteiger partial charge in [0.25, 0.3) is 0 Å². The first-order chi connectivity index (χ1) is 11.7. The first kappa shape index (κ1) is 14.9. The number of nitrogens with one attached hydrogen (secondary N) is 3. The normalized spacial score (nSPS) is 42.8. The lowest BCUT2D eigenvalue weighted by Gasteiger charge is -2.56. The molecule has 4 bridgehead atoms. The average Bonchev–Trinajstić information content (AvgIpc) is 3.03. The van der Waals surface area contributed by atoms with Gasteiger partial charge in [0, 0.05) is 30.0 Å². The standard InChI is InChI=1S/C19H28N4O/c24-18(8-15-9-20-10-21-15)22-16-1-2-17(16)23-19-13-4-11-3-12(6-13)7-14(19)5-11/h9-14,16-17,19,23H,1-8H2,(H,20,21)(H,22,24)/t11?,12?,13?,14?,16-,17+,19?/m0/s1. The smallest absolute Gasteiger partial charge is 0.226 e. The van der Waals surface area contributed by atoms with Gasteiger partial charge in [0.15, 0.2) is 0 Å². The Labute approximate surface area is 143 Å². The third-order valence-electron chi connectivity index (χ3n) is 7.16. The fraction of sp³-hybridized carbons (Fsp3) is 0.789. The van der Waals surface area contributed by atoms with E-state index in [-0.39, 0.29) is 5.91 Å². The van der Waals surface area contributed by atoms with Gasteiger partial charge in [-0.1, -0.05) is 0 Å². The highest BCUT2D eigenvalue weighted by Gasteiger charge is 2.49. The molecule has 1 aromatic heterocycles. The van der Waals surface area contributed by atoms with Crippen molar-refractivity contribution >= 4 is 5.91 Å². The van der Waals surface area contributed by atoms with Crippen molar-refractivity contribution in [3.05, 3.63) is 18.2 Å². The molecule has 1 heterocycles. The number of nitrogens with zero attached hydrogens (tertiary/aromatic N) is 1. The molecule has 0 unspecified atom stereocenters. The van der Waals surface area contributed by atoms with E-state index in [1.807, 2.05) is 0 Å². The van der Waals surface area contributed by atoms with Crippen molar-refractivity contribution in [2.24, 2.45) is 23.7 Å². The molecule has 0 aromatic carbocycles. The zero-order chi connectivity index (χ0) is 16.1. The molecule has 2 atom stereocenters. The summed E-state index contributed by atoms with van der Waals surface area (Å²) in [5.41, 5.74) is 0.886. The van der Waals surface area contributed by atoms with Crippen LogP contribution in [0.1, 0.15) is 50.6 Å². The Kier molecular flexibility index (Phi) is 3.65. The van der Waals surface area contributed by atoms with Crippen molar-refractivity contribution in [2.45, 2.75) is 69.5 Å². The topological polar surface area (TPSA) is 69.8 Å². The second-order valence-corrected chi connectivity index (χ2v) is 8.73. The first-order valence-electron chi connectivity index (χ1n) is 9.77. The molecule has 5 heteroatoms. The Morgan fingerprint density at radius 2 is 1.79 bits per heavy atom. The van der Waals surface area contributed by atoms with Gasteiger partial charge in [-0.15, -0.1) is 0 Å². The molecule has 0 spiro atoms. The molecule has 0 radical (unpaired) electrons. The van der Waals surface area contributed by atoms with E-state index in [1.54, 1.807) is 12.5 Å². The number of amides is 1. The molecule has 5 fully saturated rings. The molecule has 130 valence electrons. The minimum Gasteiger partial charge on any atom is -0.351 e. The fourth-order valence-corrected chi connectivity index (χ4v) is 6.13. The molecule has 3 N–H and O–H groups in total. The Morgan fingerprint density at radius 1 is 1.08 bits per heavy atom. The molecule has 1 amide bonds. The van der Waals surface area contributed by atoms with E-state index in [4.69, 9.17) is 0 Å². The number of hydrogen-bond acceptors (Lipinski definition) is 3. The van der Waals surface area contributed by atoms with Crippen LogP contribution in [-0.2, 0) is 11.2 Å². The summed E-state index contributed by atoms with van der Waals surface area (Å²) in [6.45, 7) is 0. The monoisotopic (exact) mass is 328 g/mol. The van der Waals surface area contributed by atoms with Gasteiger partial charge in [0.1, 0.15) is 0 Å². The minimum atomic E-state index is 0.112. The predicted molar refractivity (Wildman–Crippen MR) is 91.2 cm³/mol. The first-order valence-corrected chi connectivity index (χ1v) is 9.77. The maximum absolute atomic E-state index is 12.2. The molecule has 5 nitrogen and oxygen atoms in total. The van der Waals surface area contributed by atoms with Crippen LogP contribution in [0.15, 0.2) is 12.5 Å². The zero-order valence-corrected chi connectivity index (χ0v) is 14.2. The van der Waals surface area contributed by atoms with Crippen LogP contribution in [0, 0.1) is 23.7 Å². The second-order valence-electron chi connectivity index (χ2n) is 8.73. The molecular weight excluding hydrogens is 300 g/mol. The van der Waals surface area contributed by atoms with Crippen LogP contribution in [0.25, 0.3) is 0 Å². The van der Waals surface area contributed by atoms with Crippen LogP contribution >= 0.6 is 0 Å². The molecular formula is C19H28N4O. The maximum Gasteiger partial charge on any atom is 0.226 e. The lowest BCUT2D eigenvalue weighted by atomic mass is 9.54. The van der Waals surface area contributed by atoms with Crippen LogP contribution in [0.3, 0.4) is 0 Å². The van der Waals surface area contributed by atoms with Crippen LogP contribution in [0.5, 0.6) is 0 Å². The number of aromatic amines is 1. The lowest BCUT2D eigenvalue weighted by Crippen LogP contribution is -2.64. The van der Waals surface area contributed by atoms with Gasteiger partial charge >= 0.3 is 0 Å². The Hall–Kier alpha value is -1.36. The highest BCUT2D eigenvalue weighted by atomic mass is 16.1. The molecule has 5 aliphatic rings. The van der Waals surface area contributed by atoms with Crippen molar-refractivity contribution in [1.29, 1.82) is 0 Å². The van der Waals surface area contributed by atoms with Gasteiger partial charge in [-0.2, -0.15) is 0 Å². The highest BCUT2D eigenvalue weighted by Crippen LogP contribution is 2.54. The number of H-pyrrole nitrogens is 1. The summed E-state index contributed by atoms with van der Waals surface area (Å²) < 4.78 is 0. The van der Waals surface area contributed by atoms with Crippen molar-refractivity contribution in [3.8, 4) is 0 Å². The number of aromatic nitrogens is 2. The van der Waals surface area contributed by atoms with Crippen LogP contribution in [-0.4, -0.2) is 34.0 Å². The van der Waals surface area contributed by atoms with Crippen molar-refractivity contribution in [3.63, 3.8) is 0 Å². The van der Waals surface area contributed by atoms with E-state index >= 15 is 0 Å². The van der Waals surface area contributed by atoms with Crippen LogP contribution in [0.4, 0.5) is 0 Å². The number of carbonyl (C=O) groups excluding carboxylic acids is 1. The lowest BCUT2D eigenvalue weighted by molar-refractivity contribution is -0.122. The number of imidazole rings is 1. The summed E-state index contributed by atoms with van der Waals surface area (Å²) in [4.78, 5) is 19.2. The molecule has 0 aliphatic heterocycles. The maximum atomic E-state index is 12.2. The average molecular weight is 328 g/mol. The summed E-state index contributed by atoms with van der Waals surface area (Å²) in [6, 6.07) is 1.52. The third kappa shape index (κ3) is 2.67. The van der Waals surface area contributed by atoms with Crippen molar-refractivity contribution in [1.82, 2.24) is 20.6 Å². The molecule has 1 aromatic rings. The van der Waals surface area contributed by atoms with Gasteiger partial charge in [0.05, 0.1) is 12.7 Å². The van der Waals surface area contributed by atoms with Gasteiger partial charge in [-0.25, -0.2) is 4.98 Å². The molecule has 5 aliphatic carbocycles. The second kappa shape index (κ2) is 5.87. The van der Waals surface area contributed by atoms with Crippen molar-refractivity contribution in [2.75, 3.05) is 0 Å². The Balaban J connectivity index is 1.16. The van der Waals surface area contributed by atoms with Gasteiger partial charge in [-0.3, -0.25) is 4.79 Å². The highest BCUT2D eigenvalue weighted by molar-refractivity contribution is 5.78. The largest absolute Gasteiger partial charge is 0.351 e. The van der Waals surface area contributed by atoms with E-state index in [1.165, 1.54) is 38.5 Å². The predicted octanol–water partition coefficient (Wildman–Crippen LogP) is 2.01. The van der Waals surface area contributed by atoms with E-state index < -0.39 is 0 Å². The zero-order valence-electron chi connectivity index (χ0n) is 14.2. The minimum absolute atomic E-state index is 0.112. The molecule has 0 saturated heterocycles. The van der Waals surface area contributed by atoms with E-state index in [9.17, 15) is 4.79 Å². The summed E-state index contributed by atoms with van der Waals surface area (Å²) >= 11 is 0. The quantitative estimate of drug-likeness (QED) is 0.774. The van der Waals surface area contributed by atoms with E-state index in [2.05, 4.69) is 20.6 Å². The number of hydrogen-bond donors (Lipinski definition) is 3. The Bertz CT molecular complexity index is 571. The Morgan fingerprint density at radius 3 is 2.38 bits per heavy atom. The van der Waals surface area contributed by atoms with E-state index in [0.29, 0.717) is 18.5 Å². The molecule has 6 rings (SSSR count). The number of rotatable bonds is 5. The van der Waals surface area contributed by atoms with Crippen LogP contribution < -0.4 is 10.6 Å². The van der Waals surface area contributed by atoms with Gasteiger partial charge < -0.3 is 15.6 Å². The summed E-state index contributed by atoms with van der Waals surface area (Å²) in [5.74, 6) is 3.97. The molecule has 5 saturated carbocycles. The van der Waals surface area contributed by atoms with Gasteiger partial charge in [-0.05, 0) is 68.6 Å². The summed E-state index contributed by atoms with van der Waals surface area (Å²) in [5, 5.41) is 7.21. The van der Waals surface area contributed by atoms with Crippen LogP contribution in [0.2, 0.25) is 0 Å². The summed E-state index contributed by atoms with van der Waals surface area (Å²) in [6.07, 6.45) is 13.4. The SMILES string of the molecule is O=C(Cc1cnc[nH]1)N[C@H]1CC[C@H]1NC1C2CC3CC(C2)CC1C3. The van der Waals surface area contributed by atoms with Gasteiger partial charge in [0.2, 0.25) is 5.91 Å². The third-order valence-corrected chi connectivity index (χ3v) is 7.16. The van der Waals surface area contributed by atoms with E-state index in [0.717, 1.165) is 41.8 Å².